The van der Waals surface area contributed by atoms with Gasteiger partial charge in [-0.2, -0.15) is 0 Å². The third-order valence-corrected chi connectivity index (χ3v) is 13.1. The van der Waals surface area contributed by atoms with E-state index in [0.717, 1.165) is 40.4 Å². The van der Waals surface area contributed by atoms with Gasteiger partial charge in [0.1, 0.15) is 22.7 Å². The summed E-state index contributed by atoms with van der Waals surface area (Å²) in [5.41, 5.74) is 19.3. The third-order valence-electron chi connectivity index (χ3n) is 12.6. The highest BCUT2D eigenvalue weighted by Gasteiger charge is 2.33. The molecule has 0 aromatic heterocycles. The number of nitrogens with zero attached hydrogens (tertiary/aromatic N) is 8. The monoisotopic (exact) mass is 1290 g/mol. The van der Waals surface area contributed by atoms with Crippen LogP contribution in [0.5, 0.6) is 11.5 Å². The molecule has 2 aromatic rings. The van der Waals surface area contributed by atoms with Gasteiger partial charge < -0.3 is 67.0 Å². The number of aromatic hydroxyl groups is 1. The number of carbonyl (C=O) groups excluding carboxylic acids is 6. The normalized spacial score (nSPS) is 14.6. The van der Waals surface area contributed by atoms with Crippen molar-refractivity contribution >= 4 is 51.6 Å². The second-order valence-corrected chi connectivity index (χ2v) is 22.8. The van der Waals surface area contributed by atoms with E-state index in [1.165, 1.54) is 14.2 Å². The van der Waals surface area contributed by atoms with Crippen molar-refractivity contribution in [1.29, 1.82) is 0 Å². The fraction of sp³-hybridized carbons (Fsp3) is 0.700. The van der Waals surface area contributed by atoms with Crippen LogP contribution in [-0.4, -0.2) is 193 Å². The number of phenols is 1. The molecule has 2 aliphatic rings. The quantitative estimate of drug-likeness (QED) is 0.0125. The summed E-state index contributed by atoms with van der Waals surface area (Å²) >= 11 is 3.31. The van der Waals surface area contributed by atoms with Crippen LogP contribution in [0.15, 0.2) is 46.6 Å². The predicted molar refractivity (Wildman–Crippen MR) is 325 cm³/mol. The van der Waals surface area contributed by atoms with Crippen molar-refractivity contribution in [3.63, 3.8) is 0 Å². The van der Waals surface area contributed by atoms with Gasteiger partial charge in [0.25, 0.3) is 0 Å². The zero-order valence-corrected chi connectivity index (χ0v) is 53.8. The van der Waals surface area contributed by atoms with Crippen LogP contribution in [-0.2, 0) is 102 Å². The Balaban J connectivity index is 0.000000512. The molecule has 0 spiro atoms. The van der Waals surface area contributed by atoms with E-state index in [1.54, 1.807) is 28.0 Å². The highest BCUT2D eigenvalue weighted by Crippen LogP contribution is 2.30. The van der Waals surface area contributed by atoms with Gasteiger partial charge in [0.2, 0.25) is 11.8 Å². The number of hydrogen-bond acceptors (Lipinski definition) is 20. The molecule has 87 heavy (non-hydrogen) atoms. The lowest BCUT2D eigenvalue weighted by atomic mass is 9.94. The molecule has 2 atom stereocenters. The van der Waals surface area contributed by atoms with Crippen LogP contribution in [0.2, 0.25) is 0 Å². The molecule has 0 fully saturated rings. The van der Waals surface area contributed by atoms with Gasteiger partial charge in [-0.15, -0.1) is 0 Å². The van der Waals surface area contributed by atoms with Crippen LogP contribution in [0.3, 0.4) is 0 Å². The summed E-state index contributed by atoms with van der Waals surface area (Å²) in [7, 11) is 2.62. The SMILES string of the molecule is CC(C)(C)OC(=O)CCCCBr.COC(=O)C[C@@H]1Cc2ccc(O)cc2CN(CCOCCOCCOCCN=[N+]=[N-])C1=O.COC(=O)C[C@@H]1Cc2ccc(OCCCCC(=O)OC(C)(C)C)cc2CN(CCOCCOCCOCCN=[N+]=[N-])C1=O. The average Bonchev–Trinajstić information content (AvgIpc) is 2.36. The Morgan fingerprint density at radius 2 is 0.954 bits per heavy atom. The molecule has 0 unspecified atom stereocenters. The maximum Gasteiger partial charge on any atom is 0.306 e. The minimum absolute atomic E-state index is 0.000797. The summed E-state index contributed by atoms with van der Waals surface area (Å²) in [5.74, 6) is -1.65. The van der Waals surface area contributed by atoms with Crippen molar-refractivity contribution in [2.24, 2.45) is 22.1 Å². The van der Waals surface area contributed by atoms with Crippen molar-refractivity contribution in [1.82, 2.24) is 9.80 Å². The van der Waals surface area contributed by atoms with Gasteiger partial charge in [0.05, 0.1) is 125 Å². The zero-order chi connectivity index (χ0) is 64.3. The van der Waals surface area contributed by atoms with E-state index in [1.807, 2.05) is 59.7 Å². The number of phenolic OH excluding ortho intramolecular Hbond substituents is 1. The van der Waals surface area contributed by atoms with Crippen LogP contribution in [0, 0.1) is 11.8 Å². The van der Waals surface area contributed by atoms with Gasteiger partial charge in [-0.3, -0.25) is 28.8 Å². The number of esters is 4. The van der Waals surface area contributed by atoms with Crippen molar-refractivity contribution in [2.45, 2.75) is 130 Å². The lowest BCUT2D eigenvalue weighted by Gasteiger charge is -2.24. The molecule has 27 heteroatoms. The Labute approximate surface area is 520 Å². The zero-order valence-electron chi connectivity index (χ0n) is 52.2. The number of unbranched alkanes of at least 4 members (excludes halogenated alkanes) is 2. The summed E-state index contributed by atoms with van der Waals surface area (Å²) < 4.78 is 58.6. The van der Waals surface area contributed by atoms with Crippen LogP contribution in [0.4, 0.5) is 0 Å². The molecule has 2 amide bonds. The van der Waals surface area contributed by atoms with Crippen molar-refractivity contribution in [3.05, 3.63) is 79.5 Å². The number of methoxy groups -OCH3 is 2. The number of amides is 2. The first-order valence-electron chi connectivity index (χ1n) is 29.4. The van der Waals surface area contributed by atoms with Crippen LogP contribution in [0.1, 0.15) is 115 Å². The second-order valence-electron chi connectivity index (χ2n) is 22.0. The maximum atomic E-state index is 13.4. The molecule has 488 valence electrons. The summed E-state index contributed by atoms with van der Waals surface area (Å²) in [5, 5.41) is 17.5. The first-order chi connectivity index (χ1) is 41.6. The molecule has 0 saturated carbocycles. The van der Waals surface area contributed by atoms with Crippen LogP contribution < -0.4 is 4.74 Å². The molecule has 2 aliphatic heterocycles. The Bertz CT molecular complexity index is 2470. The van der Waals surface area contributed by atoms with Gasteiger partial charge in [-0.1, -0.05) is 38.3 Å². The van der Waals surface area contributed by atoms with Gasteiger partial charge in [-0.25, -0.2) is 0 Å². The number of carbonyl (C=O) groups is 6. The number of benzene rings is 2. The summed E-state index contributed by atoms with van der Waals surface area (Å²) in [6, 6.07) is 10.8. The fourth-order valence-electron chi connectivity index (χ4n) is 8.50. The molecule has 4 rings (SSSR count). The summed E-state index contributed by atoms with van der Waals surface area (Å²) in [6.07, 6.45) is 5.01. The molecule has 0 bridgehead atoms. The number of hydrogen-bond donors (Lipinski definition) is 1. The topological polar surface area (TPSA) is 328 Å². The third kappa shape index (κ3) is 36.6. The highest BCUT2D eigenvalue weighted by atomic mass is 79.9. The Kier molecular flexibility index (Phi) is 39.8. The van der Waals surface area contributed by atoms with Gasteiger partial charge in [-0.05, 0) is 138 Å². The van der Waals surface area contributed by atoms with E-state index in [9.17, 15) is 33.9 Å². The van der Waals surface area contributed by atoms with Crippen molar-refractivity contribution < 1.29 is 86.0 Å². The van der Waals surface area contributed by atoms with E-state index in [-0.39, 0.29) is 54.5 Å². The maximum absolute atomic E-state index is 13.4. The first-order valence-corrected chi connectivity index (χ1v) is 30.5. The minimum Gasteiger partial charge on any atom is -0.508 e. The number of azide groups is 2. The second kappa shape index (κ2) is 45.0. The molecule has 2 heterocycles. The van der Waals surface area contributed by atoms with Gasteiger partial charge >= 0.3 is 23.9 Å². The Morgan fingerprint density at radius 1 is 0.552 bits per heavy atom. The molecular weight excluding hydrogens is 1200 g/mol. The molecule has 0 saturated heterocycles. The molecule has 1 N–H and O–H groups in total. The van der Waals surface area contributed by atoms with Crippen molar-refractivity contribution in [2.75, 3.05) is 132 Å². The first kappa shape index (κ1) is 76.8. The van der Waals surface area contributed by atoms with E-state index in [2.05, 4.69) is 36.0 Å². The van der Waals surface area contributed by atoms with E-state index in [4.69, 9.17) is 63.2 Å². The van der Waals surface area contributed by atoms with Crippen molar-refractivity contribution in [3.8, 4) is 11.5 Å². The largest absolute Gasteiger partial charge is 0.508 e. The van der Waals surface area contributed by atoms with E-state index in [0.29, 0.717) is 163 Å². The lowest BCUT2D eigenvalue weighted by Crippen LogP contribution is -2.38. The number of rotatable bonds is 38. The van der Waals surface area contributed by atoms with Gasteiger partial charge in [0.15, 0.2) is 0 Å². The predicted octanol–water partition coefficient (Wildman–Crippen LogP) is 8.71. The Morgan fingerprint density at radius 3 is 1.37 bits per heavy atom. The number of fused-ring (bicyclic) bond motifs is 2. The minimum atomic E-state index is -0.532. The van der Waals surface area contributed by atoms with Crippen LogP contribution in [0.25, 0.3) is 20.9 Å². The average molecular weight is 1290 g/mol. The number of halogens is 1. The Hall–Kier alpha value is -6.28. The summed E-state index contributed by atoms with van der Waals surface area (Å²) in [6.45, 7) is 18.0. The molecule has 0 aliphatic carbocycles. The molecule has 26 nitrogen and oxygen atoms in total. The standard InChI is InChI=1S/C30H46N4O9.C21H30N4O7.C9H17BrO2/c1-30(2,3)43-27(35)7-5-6-12-42-26-9-8-23-19-24(21-28(36)38-4)29(37)34(22-25(23)20-26)11-14-40-16-18-41-17-15-39-13-10-32-33-31;1-29-20(27)14-17-12-16-2-3-19(26)13-18(16)15-25(21(17)28)5-7-31-9-11-32-10-8-30-6-4-23-24-22;1-9(2,3)12-8(11)6-4-5-7-10/h8-9,20,24H,5-7,10-19,21-22H2,1-4H3;2-3,13,17,26H,4-12,14-15H2,1H3;4-7H2,1-3H3/t24-;17-;/m00./s1. The molecular formula is C60H93BrN8O18. The van der Waals surface area contributed by atoms with Gasteiger partial charge in [0, 0.05) is 67.3 Å². The molecule has 0 radical (unpaired) electrons. The summed E-state index contributed by atoms with van der Waals surface area (Å²) in [4.78, 5) is 81.9. The fourth-order valence-corrected chi connectivity index (χ4v) is 8.89. The van der Waals surface area contributed by atoms with E-state index < -0.39 is 29.4 Å². The lowest BCUT2D eigenvalue weighted by molar-refractivity contribution is -0.156. The smallest absolute Gasteiger partial charge is 0.306 e. The van der Waals surface area contributed by atoms with E-state index >= 15 is 0 Å². The van der Waals surface area contributed by atoms with Crippen LogP contribution >= 0.6 is 15.9 Å². The highest BCUT2D eigenvalue weighted by molar-refractivity contribution is 9.09. The molecule has 2 aromatic carbocycles. The number of alkyl halides is 1. The number of ether oxygens (including phenoxy) is 11.